The third-order valence-corrected chi connectivity index (χ3v) is 3.81. The molecule has 0 saturated heterocycles. The van der Waals surface area contributed by atoms with E-state index in [1.807, 2.05) is 0 Å². The van der Waals surface area contributed by atoms with E-state index in [0.717, 1.165) is 0 Å². The molecule has 0 saturated carbocycles. The average molecular weight is 452 g/mol. The summed E-state index contributed by atoms with van der Waals surface area (Å²) in [7, 11) is 0. The zero-order chi connectivity index (χ0) is 17.0. The van der Waals surface area contributed by atoms with Crippen LogP contribution in [0.3, 0.4) is 0 Å². The van der Waals surface area contributed by atoms with Crippen LogP contribution in [0.2, 0.25) is 0 Å². The molecule has 2 aliphatic rings. The highest BCUT2D eigenvalue weighted by atomic mass is 127. The van der Waals surface area contributed by atoms with Crippen molar-refractivity contribution in [2.75, 3.05) is 0 Å². The molecule has 0 atom stereocenters. The Morgan fingerprint density at radius 1 is 0.640 bits per heavy atom. The quantitative estimate of drug-likeness (QED) is 0.235. The molecule has 25 heavy (non-hydrogen) atoms. The van der Waals surface area contributed by atoms with Crippen molar-refractivity contribution in [2.45, 2.75) is 0 Å². The normalized spacial score (nSPS) is 14.8. The van der Waals surface area contributed by atoms with Crippen LogP contribution in [0.4, 0.5) is 11.4 Å². The number of halogens is 1. The Hall–Kier alpha value is -2.63. The molecule has 0 aromatic heterocycles. The second-order valence-electron chi connectivity index (χ2n) is 5.20. The molecule has 2 heterocycles. The molecule has 2 aromatic carbocycles. The lowest BCUT2D eigenvalue weighted by atomic mass is 10.1. The number of benzene rings is 2. The first kappa shape index (κ1) is 17.2. The van der Waals surface area contributed by atoms with Gasteiger partial charge in [0.1, 0.15) is 11.4 Å². The number of hydrogen-bond donors (Lipinski definition) is 1. The fourth-order valence-electron chi connectivity index (χ4n) is 2.62. The van der Waals surface area contributed by atoms with Crippen molar-refractivity contribution < 1.29 is 57.7 Å². The van der Waals surface area contributed by atoms with Crippen LogP contribution in [0, 0.1) is 5.21 Å². The number of rotatable bonds is 2. The Morgan fingerprint density at radius 2 is 1.00 bits per heavy atom. The van der Waals surface area contributed by atoms with Gasteiger partial charge in [-0.2, -0.15) is 0 Å². The maximum Gasteiger partial charge on any atom is 0.347 e. The number of hydrogen-bond acceptors (Lipinski definition) is 7. The summed E-state index contributed by atoms with van der Waals surface area (Å²) in [5.41, 5.74) is 0.527. The zero-order valence-electron chi connectivity index (χ0n) is 12.2. The first-order chi connectivity index (χ1) is 11.5. The standard InChI is InChI=1S/C16H7NO7.HI/c18-13-9-3-1-7(5-11(9)15(20)23-13)17(22)8-2-4-10-12(6-8)16(21)24-14(10)19;/h1-6,17H;1H/p-1. The predicted octanol–water partition coefficient (Wildman–Crippen LogP) is -2.34. The summed E-state index contributed by atoms with van der Waals surface area (Å²) < 4.78 is 8.94. The molecule has 8 nitrogen and oxygen atoms in total. The van der Waals surface area contributed by atoms with Crippen LogP contribution in [0.5, 0.6) is 0 Å². The first-order valence-corrected chi connectivity index (χ1v) is 6.81. The number of fused-ring (bicyclic) bond motifs is 2. The van der Waals surface area contributed by atoms with E-state index in [9.17, 15) is 24.4 Å². The van der Waals surface area contributed by atoms with E-state index in [4.69, 9.17) is 0 Å². The number of nitrogens with one attached hydrogen (secondary N) is 1. The molecule has 0 bridgehead atoms. The number of quaternary nitrogens is 1. The van der Waals surface area contributed by atoms with Crippen molar-refractivity contribution in [1.82, 2.24) is 0 Å². The van der Waals surface area contributed by atoms with Crippen LogP contribution < -0.4 is 29.0 Å². The molecule has 0 aliphatic carbocycles. The minimum atomic E-state index is -0.812. The van der Waals surface area contributed by atoms with Gasteiger partial charge in [-0.3, -0.25) is 0 Å². The summed E-state index contributed by atoms with van der Waals surface area (Å²) in [4.78, 5) is 46.0. The van der Waals surface area contributed by atoms with Crippen molar-refractivity contribution >= 4 is 35.3 Å². The Kier molecular flexibility index (Phi) is 4.14. The van der Waals surface area contributed by atoms with E-state index in [-0.39, 0.29) is 57.6 Å². The molecule has 1 N–H and O–H groups in total. The van der Waals surface area contributed by atoms with Gasteiger partial charge in [0.2, 0.25) is 0 Å². The number of carbonyl (C=O) groups excluding carboxylic acids is 4. The summed E-state index contributed by atoms with van der Waals surface area (Å²) in [5, 5.41) is 12.1. The second-order valence-corrected chi connectivity index (χ2v) is 5.20. The van der Waals surface area contributed by atoms with Crippen LogP contribution in [0.1, 0.15) is 41.4 Å². The van der Waals surface area contributed by atoms with Crippen molar-refractivity contribution in [3.63, 3.8) is 0 Å². The van der Waals surface area contributed by atoms with Gasteiger partial charge in [0.15, 0.2) is 0 Å². The van der Waals surface area contributed by atoms with Gasteiger partial charge in [-0.05, 0) is 12.1 Å². The van der Waals surface area contributed by atoms with Gasteiger partial charge >= 0.3 is 23.9 Å². The van der Waals surface area contributed by atoms with Gasteiger partial charge in [0, 0.05) is 24.3 Å². The van der Waals surface area contributed by atoms with Crippen LogP contribution in [0.25, 0.3) is 0 Å². The highest BCUT2D eigenvalue weighted by molar-refractivity contribution is 6.15. The molecular formula is C16H7INO7-. The molecule has 9 heteroatoms. The zero-order valence-corrected chi connectivity index (χ0v) is 14.4. The molecule has 126 valence electrons. The Morgan fingerprint density at radius 3 is 1.40 bits per heavy atom. The maximum absolute atomic E-state index is 12.5. The summed E-state index contributed by atoms with van der Waals surface area (Å²) >= 11 is 0. The SMILES string of the molecule is O=C1OC(=O)c2cc([NH+]([O-])c3ccc4c(c3)C(=O)OC4=O)ccc21.[I-]. The molecular weight excluding hydrogens is 445 g/mol. The predicted molar refractivity (Wildman–Crippen MR) is 76.0 cm³/mol. The minimum Gasteiger partial charge on any atom is -1.00 e. The summed E-state index contributed by atoms with van der Waals surface area (Å²) in [6.07, 6.45) is 0. The van der Waals surface area contributed by atoms with E-state index >= 15 is 0 Å². The molecule has 0 amide bonds. The Labute approximate surface area is 156 Å². The lowest BCUT2D eigenvalue weighted by molar-refractivity contribution is -0.698. The molecule has 2 aromatic rings. The van der Waals surface area contributed by atoms with E-state index < -0.39 is 28.9 Å². The van der Waals surface area contributed by atoms with E-state index in [0.29, 0.717) is 0 Å². The fraction of sp³-hybridized carbons (Fsp3) is 0. The van der Waals surface area contributed by atoms with Crippen LogP contribution >= 0.6 is 0 Å². The number of esters is 4. The van der Waals surface area contributed by atoms with Crippen molar-refractivity contribution in [3.8, 4) is 0 Å². The maximum atomic E-state index is 12.5. The van der Waals surface area contributed by atoms with E-state index in [2.05, 4.69) is 9.47 Å². The molecule has 0 radical (unpaired) electrons. The van der Waals surface area contributed by atoms with Gasteiger partial charge in [0.05, 0.1) is 22.3 Å². The van der Waals surface area contributed by atoms with Gasteiger partial charge in [-0.15, -0.1) is 0 Å². The Balaban J connectivity index is 0.00000182. The smallest absolute Gasteiger partial charge is 0.347 e. The second kappa shape index (κ2) is 6.02. The topological polar surface area (TPSA) is 114 Å². The Bertz CT molecular complexity index is 891. The van der Waals surface area contributed by atoms with E-state index in [1.165, 1.54) is 36.4 Å². The lowest BCUT2D eigenvalue weighted by Crippen LogP contribution is -3.00. The van der Waals surface area contributed by atoms with Crippen molar-refractivity contribution in [3.05, 3.63) is 63.9 Å². The summed E-state index contributed by atoms with van der Waals surface area (Å²) in [6, 6.07) is 7.97. The molecule has 0 spiro atoms. The van der Waals surface area contributed by atoms with Crippen molar-refractivity contribution in [1.29, 1.82) is 0 Å². The molecule has 2 aliphatic heterocycles. The lowest BCUT2D eigenvalue weighted by Gasteiger charge is -2.21. The number of ether oxygens (including phenoxy) is 2. The third-order valence-electron chi connectivity index (χ3n) is 3.81. The fourth-order valence-corrected chi connectivity index (χ4v) is 2.62. The largest absolute Gasteiger partial charge is 1.00 e. The first-order valence-electron chi connectivity index (χ1n) is 6.81. The van der Waals surface area contributed by atoms with Gasteiger partial charge < -0.3 is 43.7 Å². The summed E-state index contributed by atoms with van der Waals surface area (Å²) in [5.74, 6) is -3.14. The number of cyclic esters (lactones) is 4. The number of carbonyl (C=O) groups is 4. The molecule has 4 rings (SSSR count). The van der Waals surface area contributed by atoms with Gasteiger partial charge in [-0.1, -0.05) is 0 Å². The van der Waals surface area contributed by atoms with Crippen molar-refractivity contribution in [2.24, 2.45) is 0 Å². The summed E-state index contributed by atoms with van der Waals surface area (Å²) in [6.45, 7) is 0. The monoisotopic (exact) mass is 452 g/mol. The van der Waals surface area contributed by atoms with Crippen LogP contribution in [-0.2, 0) is 9.47 Å². The minimum absolute atomic E-state index is 0. The van der Waals surface area contributed by atoms with Crippen LogP contribution in [0.15, 0.2) is 36.4 Å². The van der Waals surface area contributed by atoms with E-state index in [1.54, 1.807) is 0 Å². The highest BCUT2D eigenvalue weighted by Gasteiger charge is 2.32. The average Bonchev–Trinajstić information content (AvgIpc) is 3.02. The molecule has 0 unspecified atom stereocenters. The van der Waals surface area contributed by atoms with Crippen LogP contribution in [-0.4, -0.2) is 23.9 Å². The third kappa shape index (κ3) is 2.62. The highest BCUT2D eigenvalue weighted by Crippen LogP contribution is 2.25. The van der Waals surface area contributed by atoms with Gasteiger partial charge in [0.25, 0.3) is 0 Å². The molecule has 0 fully saturated rings. The van der Waals surface area contributed by atoms with Gasteiger partial charge in [-0.25, -0.2) is 19.2 Å².